The number of carboxylic acid groups (broad SMARTS) is 1. The molecule has 5 nitrogen and oxygen atoms in total. The second-order valence-corrected chi connectivity index (χ2v) is 6.35. The molecule has 3 N–H and O–H groups in total. The zero-order valence-corrected chi connectivity index (χ0v) is 12.8. The summed E-state index contributed by atoms with van der Waals surface area (Å²) >= 11 is 0. The Morgan fingerprint density at radius 3 is 2.33 bits per heavy atom. The van der Waals surface area contributed by atoms with Gasteiger partial charge in [-0.25, -0.2) is 0 Å². The molecule has 21 heavy (non-hydrogen) atoms. The maximum Gasteiger partial charge on any atom is 0.305 e. The first-order valence-corrected chi connectivity index (χ1v) is 7.06. The summed E-state index contributed by atoms with van der Waals surface area (Å²) in [4.78, 5) is 22.8. The van der Waals surface area contributed by atoms with Gasteiger partial charge in [0.05, 0.1) is 13.0 Å². The highest BCUT2D eigenvalue weighted by molar-refractivity contribution is 5.81. The van der Waals surface area contributed by atoms with E-state index < -0.39 is 5.97 Å². The van der Waals surface area contributed by atoms with Crippen LogP contribution in [-0.2, 0) is 9.59 Å². The summed E-state index contributed by atoms with van der Waals surface area (Å²) in [5.74, 6) is -1.10. The number of aliphatic carboxylic acids is 1. The zero-order valence-electron chi connectivity index (χ0n) is 12.8. The number of para-hydroxylation sites is 1. The molecule has 0 bridgehead atoms. The molecule has 0 radical (unpaired) electrons. The predicted octanol–water partition coefficient (Wildman–Crippen LogP) is 2.49. The van der Waals surface area contributed by atoms with Crippen LogP contribution in [0.15, 0.2) is 30.3 Å². The van der Waals surface area contributed by atoms with Crippen LogP contribution in [0.4, 0.5) is 5.69 Å². The Labute approximate surface area is 125 Å². The molecule has 5 heteroatoms. The van der Waals surface area contributed by atoms with E-state index in [4.69, 9.17) is 5.11 Å². The van der Waals surface area contributed by atoms with E-state index >= 15 is 0 Å². The summed E-state index contributed by atoms with van der Waals surface area (Å²) in [6.45, 7) is 6.20. The second kappa shape index (κ2) is 7.67. The minimum Gasteiger partial charge on any atom is -0.481 e. The fourth-order valence-electron chi connectivity index (χ4n) is 2.14. The zero-order chi connectivity index (χ0) is 15.9. The van der Waals surface area contributed by atoms with Gasteiger partial charge in [0.2, 0.25) is 5.91 Å². The Morgan fingerprint density at radius 1 is 1.19 bits per heavy atom. The van der Waals surface area contributed by atoms with Crippen molar-refractivity contribution in [3.63, 3.8) is 0 Å². The lowest BCUT2D eigenvalue weighted by Crippen LogP contribution is -2.41. The number of amides is 1. The van der Waals surface area contributed by atoms with Gasteiger partial charge in [-0.2, -0.15) is 0 Å². The molecule has 0 fully saturated rings. The van der Waals surface area contributed by atoms with Crippen molar-refractivity contribution >= 4 is 17.6 Å². The van der Waals surface area contributed by atoms with E-state index in [1.54, 1.807) is 0 Å². The van der Waals surface area contributed by atoms with Crippen molar-refractivity contribution < 1.29 is 14.7 Å². The van der Waals surface area contributed by atoms with Crippen LogP contribution in [0.3, 0.4) is 0 Å². The highest BCUT2D eigenvalue weighted by Gasteiger charge is 2.22. The van der Waals surface area contributed by atoms with Gasteiger partial charge in [-0.15, -0.1) is 0 Å². The molecule has 1 amide bonds. The van der Waals surface area contributed by atoms with E-state index in [0.29, 0.717) is 6.42 Å². The number of carbonyl (C=O) groups is 2. The van der Waals surface area contributed by atoms with Crippen LogP contribution in [-0.4, -0.2) is 29.6 Å². The number of carboxylic acids is 1. The van der Waals surface area contributed by atoms with Gasteiger partial charge in [-0.05, 0) is 24.0 Å². The van der Waals surface area contributed by atoms with Gasteiger partial charge in [0.1, 0.15) is 0 Å². The van der Waals surface area contributed by atoms with Crippen molar-refractivity contribution in [1.29, 1.82) is 0 Å². The lowest BCUT2D eigenvalue weighted by atomic mass is 9.87. The summed E-state index contributed by atoms with van der Waals surface area (Å²) in [5.41, 5.74) is 0.818. The van der Waals surface area contributed by atoms with Crippen molar-refractivity contribution in [2.24, 2.45) is 5.41 Å². The molecule has 116 valence electrons. The van der Waals surface area contributed by atoms with E-state index in [0.717, 1.165) is 5.69 Å². The highest BCUT2D eigenvalue weighted by Crippen LogP contribution is 2.22. The van der Waals surface area contributed by atoms with Crippen molar-refractivity contribution in [1.82, 2.24) is 5.32 Å². The number of nitrogens with one attached hydrogen (secondary N) is 2. The monoisotopic (exact) mass is 292 g/mol. The van der Waals surface area contributed by atoms with Crippen LogP contribution >= 0.6 is 0 Å². The van der Waals surface area contributed by atoms with Crippen LogP contribution in [0, 0.1) is 5.41 Å². The second-order valence-electron chi connectivity index (χ2n) is 6.35. The van der Waals surface area contributed by atoms with E-state index in [9.17, 15) is 9.59 Å². The molecule has 0 aliphatic carbocycles. The first-order valence-electron chi connectivity index (χ1n) is 7.06. The third kappa shape index (κ3) is 7.97. The molecule has 0 saturated heterocycles. The normalized spacial score (nSPS) is 12.5. The summed E-state index contributed by atoms with van der Waals surface area (Å²) in [7, 11) is 0. The van der Waals surface area contributed by atoms with Gasteiger partial charge in [0, 0.05) is 11.7 Å². The Kier molecular flexibility index (Phi) is 6.21. The largest absolute Gasteiger partial charge is 0.481 e. The van der Waals surface area contributed by atoms with E-state index in [1.165, 1.54) is 0 Å². The molecular weight excluding hydrogens is 268 g/mol. The highest BCUT2D eigenvalue weighted by atomic mass is 16.4. The SMILES string of the molecule is CC(C)(C)CC(CC(=O)O)NC(=O)CNc1ccccc1. The fourth-order valence-corrected chi connectivity index (χ4v) is 2.14. The molecule has 0 aliphatic rings. The first-order chi connectivity index (χ1) is 9.76. The first kappa shape index (κ1) is 17.0. The average molecular weight is 292 g/mol. The fraction of sp³-hybridized carbons (Fsp3) is 0.500. The summed E-state index contributed by atoms with van der Waals surface area (Å²) in [6, 6.07) is 9.05. The molecule has 0 aromatic heterocycles. The van der Waals surface area contributed by atoms with Crippen LogP contribution in [0.5, 0.6) is 0 Å². The van der Waals surface area contributed by atoms with Crippen LogP contribution < -0.4 is 10.6 Å². The molecule has 0 saturated carbocycles. The van der Waals surface area contributed by atoms with Gasteiger partial charge in [-0.3, -0.25) is 9.59 Å². The molecule has 1 rings (SSSR count). The lowest BCUT2D eigenvalue weighted by Gasteiger charge is -2.26. The molecule has 1 aromatic rings. The Balaban J connectivity index is 2.49. The minimum absolute atomic E-state index is 0.0414. The number of hydrogen-bond donors (Lipinski definition) is 3. The van der Waals surface area contributed by atoms with Crippen molar-refractivity contribution in [3.05, 3.63) is 30.3 Å². The number of benzene rings is 1. The van der Waals surface area contributed by atoms with Crippen LogP contribution in [0.1, 0.15) is 33.6 Å². The summed E-state index contributed by atoms with van der Waals surface area (Å²) in [6.07, 6.45) is 0.560. The quantitative estimate of drug-likeness (QED) is 0.721. The molecular formula is C16H24N2O3. The van der Waals surface area contributed by atoms with Crippen LogP contribution in [0.25, 0.3) is 0 Å². The van der Waals surface area contributed by atoms with Crippen molar-refractivity contribution in [2.45, 2.75) is 39.7 Å². The van der Waals surface area contributed by atoms with E-state index in [-0.39, 0.29) is 30.3 Å². The third-order valence-corrected chi connectivity index (χ3v) is 2.87. The van der Waals surface area contributed by atoms with Gasteiger partial charge >= 0.3 is 5.97 Å². The smallest absolute Gasteiger partial charge is 0.305 e. The average Bonchev–Trinajstić information content (AvgIpc) is 2.34. The van der Waals surface area contributed by atoms with Crippen molar-refractivity contribution in [3.8, 4) is 0 Å². The lowest BCUT2D eigenvalue weighted by molar-refractivity contribution is -0.137. The van der Waals surface area contributed by atoms with E-state index in [1.807, 2.05) is 51.1 Å². The molecule has 0 aliphatic heterocycles. The van der Waals surface area contributed by atoms with Gasteiger partial charge in [0.25, 0.3) is 0 Å². The molecule has 0 spiro atoms. The Bertz CT molecular complexity index is 466. The summed E-state index contributed by atoms with van der Waals surface area (Å²) in [5, 5.41) is 14.7. The number of rotatable bonds is 7. The predicted molar refractivity (Wildman–Crippen MR) is 83.2 cm³/mol. The third-order valence-electron chi connectivity index (χ3n) is 2.87. The summed E-state index contributed by atoms with van der Waals surface area (Å²) < 4.78 is 0. The van der Waals surface area contributed by atoms with Gasteiger partial charge in [0.15, 0.2) is 0 Å². The van der Waals surface area contributed by atoms with Gasteiger partial charge < -0.3 is 15.7 Å². The molecule has 0 heterocycles. The molecule has 1 aromatic carbocycles. The van der Waals surface area contributed by atoms with Crippen LogP contribution in [0.2, 0.25) is 0 Å². The van der Waals surface area contributed by atoms with Gasteiger partial charge in [-0.1, -0.05) is 39.0 Å². The number of anilines is 1. The standard InChI is InChI=1S/C16H24N2O3/c1-16(2,3)10-13(9-15(20)21)18-14(19)11-17-12-7-5-4-6-8-12/h4-8,13,17H,9-11H2,1-3H3,(H,18,19)(H,20,21). The molecule has 1 unspecified atom stereocenters. The van der Waals surface area contributed by atoms with E-state index in [2.05, 4.69) is 10.6 Å². The maximum absolute atomic E-state index is 11.9. The Morgan fingerprint density at radius 2 is 1.81 bits per heavy atom. The Hall–Kier alpha value is -2.04. The maximum atomic E-state index is 11.9. The number of carbonyl (C=O) groups excluding carboxylic acids is 1. The number of hydrogen-bond acceptors (Lipinski definition) is 3. The minimum atomic E-state index is -0.902. The van der Waals surface area contributed by atoms with Crippen molar-refractivity contribution in [2.75, 3.05) is 11.9 Å². The topological polar surface area (TPSA) is 78.4 Å². The molecule has 1 atom stereocenters.